The zero-order chi connectivity index (χ0) is 18.8. The summed E-state index contributed by atoms with van der Waals surface area (Å²) < 4.78 is 19.3. The van der Waals surface area contributed by atoms with Crippen molar-refractivity contribution in [2.45, 2.75) is 33.3 Å². The number of nitrogens with one attached hydrogen (secondary N) is 1. The summed E-state index contributed by atoms with van der Waals surface area (Å²) in [4.78, 5) is 27.6. The van der Waals surface area contributed by atoms with Crippen molar-refractivity contribution >= 4 is 33.7 Å². The van der Waals surface area contributed by atoms with E-state index in [9.17, 15) is 14.0 Å². The fraction of sp³-hybridized carbons (Fsp3) is 0.529. The molecule has 1 N–H and O–H groups in total. The highest BCUT2D eigenvalue weighted by Crippen LogP contribution is 2.24. The van der Waals surface area contributed by atoms with Gasteiger partial charge in [-0.05, 0) is 61.3 Å². The molecule has 1 aromatic rings. The van der Waals surface area contributed by atoms with E-state index < -0.39 is 11.4 Å². The number of carbonyl (C=O) groups excluding carboxylic acids is 2. The second-order valence-electron chi connectivity index (χ2n) is 6.97. The van der Waals surface area contributed by atoms with Crippen LogP contribution in [0.5, 0.6) is 0 Å². The fourth-order valence-electron chi connectivity index (χ4n) is 2.39. The summed E-state index contributed by atoms with van der Waals surface area (Å²) in [6.07, 6.45) is -0.376. The van der Waals surface area contributed by atoms with E-state index in [1.807, 2.05) is 20.8 Å². The molecule has 0 unspecified atom stereocenters. The third-order valence-corrected chi connectivity index (χ3v) is 4.34. The number of aryl methyl sites for hydroxylation is 1. The van der Waals surface area contributed by atoms with Crippen LogP contribution in [0.2, 0.25) is 0 Å². The molecule has 138 valence electrons. The predicted molar refractivity (Wildman–Crippen MR) is 97.2 cm³/mol. The Labute approximate surface area is 155 Å². The minimum Gasteiger partial charge on any atom is -0.444 e. The molecule has 2 rings (SSSR count). The normalized spacial score (nSPS) is 15.1. The molecule has 0 aliphatic carbocycles. The molecule has 3 amide bonds. The Kier molecular flexibility index (Phi) is 5.92. The molecule has 0 bridgehead atoms. The number of hydrogen-bond donors (Lipinski definition) is 1. The maximum Gasteiger partial charge on any atom is 0.410 e. The number of benzene rings is 1. The van der Waals surface area contributed by atoms with Gasteiger partial charge < -0.3 is 19.9 Å². The number of halogens is 2. The van der Waals surface area contributed by atoms with Crippen molar-refractivity contribution in [3.05, 3.63) is 28.0 Å². The van der Waals surface area contributed by atoms with Crippen LogP contribution >= 0.6 is 15.9 Å². The van der Waals surface area contributed by atoms with E-state index in [1.54, 1.807) is 22.8 Å². The highest BCUT2D eigenvalue weighted by atomic mass is 79.9. The second-order valence-corrected chi connectivity index (χ2v) is 7.82. The summed E-state index contributed by atoms with van der Waals surface area (Å²) in [6.45, 7) is 8.81. The van der Waals surface area contributed by atoms with E-state index in [0.29, 0.717) is 36.3 Å². The first-order valence-corrected chi connectivity index (χ1v) is 8.85. The van der Waals surface area contributed by atoms with E-state index in [1.165, 1.54) is 6.07 Å². The first kappa shape index (κ1) is 19.5. The standard InChI is InChI=1S/C17H23BrFN3O3/c1-11-9-12(18)13(19)10-14(11)20-15(23)21-5-7-22(8-6-21)16(24)25-17(2,3)4/h9-10H,5-8H2,1-4H3,(H,20,23). The molecule has 1 saturated heterocycles. The van der Waals surface area contributed by atoms with E-state index in [2.05, 4.69) is 21.2 Å². The summed E-state index contributed by atoms with van der Waals surface area (Å²) in [5.74, 6) is -0.435. The van der Waals surface area contributed by atoms with Gasteiger partial charge in [0, 0.05) is 31.9 Å². The Morgan fingerprint density at radius 1 is 1.16 bits per heavy atom. The van der Waals surface area contributed by atoms with Crippen molar-refractivity contribution in [1.29, 1.82) is 0 Å². The van der Waals surface area contributed by atoms with Crippen LogP contribution in [-0.4, -0.2) is 53.7 Å². The topological polar surface area (TPSA) is 61.9 Å². The number of hydrogen-bond acceptors (Lipinski definition) is 3. The highest BCUT2D eigenvalue weighted by Gasteiger charge is 2.27. The van der Waals surface area contributed by atoms with Crippen molar-refractivity contribution in [2.24, 2.45) is 0 Å². The maximum atomic E-state index is 13.7. The van der Waals surface area contributed by atoms with Crippen LogP contribution in [0.1, 0.15) is 26.3 Å². The minimum absolute atomic E-state index is 0.311. The zero-order valence-corrected chi connectivity index (χ0v) is 16.4. The molecule has 1 heterocycles. The Balaban J connectivity index is 1.91. The van der Waals surface area contributed by atoms with Gasteiger partial charge in [-0.2, -0.15) is 0 Å². The van der Waals surface area contributed by atoms with Gasteiger partial charge >= 0.3 is 12.1 Å². The molecule has 1 aromatic carbocycles. The first-order chi connectivity index (χ1) is 11.6. The SMILES string of the molecule is Cc1cc(Br)c(F)cc1NC(=O)N1CCN(C(=O)OC(C)(C)C)CC1. The summed E-state index contributed by atoms with van der Waals surface area (Å²) in [5, 5.41) is 2.72. The van der Waals surface area contributed by atoms with Crippen molar-refractivity contribution in [3.8, 4) is 0 Å². The molecule has 0 aromatic heterocycles. The van der Waals surface area contributed by atoms with Crippen LogP contribution in [0.25, 0.3) is 0 Å². The third-order valence-electron chi connectivity index (χ3n) is 3.73. The number of ether oxygens (including phenoxy) is 1. The summed E-state index contributed by atoms with van der Waals surface area (Å²) in [6, 6.07) is 2.59. The quantitative estimate of drug-likeness (QED) is 0.754. The number of piperazine rings is 1. The largest absolute Gasteiger partial charge is 0.444 e. The Morgan fingerprint density at radius 2 is 1.72 bits per heavy atom. The molecule has 8 heteroatoms. The number of amides is 3. The van der Waals surface area contributed by atoms with Gasteiger partial charge in [-0.25, -0.2) is 14.0 Å². The maximum absolute atomic E-state index is 13.7. The van der Waals surface area contributed by atoms with Crippen molar-refractivity contribution in [2.75, 3.05) is 31.5 Å². The van der Waals surface area contributed by atoms with Crippen LogP contribution in [-0.2, 0) is 4.74 Å². The lowest BCUT2D eigenvalue weighted by molar-refractivity contribution is 0.0174. The zero-order valence-electron chi connectivity index (χ0n) is 14.9. The smallest absolute Gasteiger partial charge is 0.410 e. The van der Waals surface area contributed by atoms with Gasteiger partial charge in [0.1, 0.15) is 11.4 Å². The highest BCUT2D eigenvalue weighted by molar-refractivity contribution is 9.10. The average molecular weight is 416 g/mol. The molecule has 0 atom stereocenters. The van der Waals surface area contributed by atoms with Crippen molar-refractivity contribution in [1.82, 2.24) is 9.80 Å². The average Bonchev–Trinajstić information content (AvgIpc) is 2.51. The van der Waals surface area contributed by atoms with E-state index in [4.69, 9.17) is 4.74 Å². The lowest BCUT2D eigenvalue weighted by Crippen LogP contribution is -2.52. The lowest BCUT2D eigenvalue weighted by Gasteiger charge is -2.35. The number of carbonyl (C=O) groups is 2. The van der Waals surface area contributed by atoms with Gasteiger partial charge in [-0.1, -0.05) is 0 Å². The van der Waals surface area contributed by atoms with Crippen LogP contribution in [0.4, 0.5) is 19.7 Å². The Morgan fingerprint density at radius 3 is 2.28 bits per heavy atom. The molecule has 1 fully saturated rings. The molecule has 0 radical (unpaired) electrons. The van der Waals surface area contributed by atoms with Gasteiger partial charge in [-0.15, -0.1) is 0 Å². The van der Waals surface area contributed by atoms with Crippen molar-refractivity contribution < 1.29 is 18.7 Å². The molecular weight excluding hydrogens is 393 g/mol. The van der Waals surface area contributed by atoms with Crippen molar-refractivity contribution in [3.63, 3.8) is 0 Å². The Hall–Kier alpha value is -1.83. The summed E-state index contributed by atoms with van der Waals surface area (Å²) in [7, 11) is 0. The second kappa shape index (κ2) is 7.59. The van der Waals surface area contributed by atoms with Crippen LogP contribution in [0.3, 0.4) is 0 Å². The summed E-state index contributed by atoms with van der Waals surface area (Å²) in [5.41, 5.74) is 0.642. The first-order valence-electron chi connectivity index (χ1n) is 8.06. The van der Waals surface area contributed by atoms with Gasteiger partial charge in [0.15, 0.2) is 0 Å². The van der Waals surface area contributed by atoms with E-state index >= 15 is 0 Å². The van der Waals surface area contributed by atoms with Gasteiger partial charge in [0.2, 0.25) is 0 Å². The number of nitrogens with zero attached hydrogens (tertiary/aromatic N) is 2. The van der Waals surface area contributed by atoms with Gasteiger partial charge in [-0.3, -0.25) is 0 Å². The molecule has 25 heavy (non-hydrogen) atoms. The number of urea groups is 1. The molecule has 0 saturated carbocycles. The third kappa shape index (κ3) is 5.32. The molecule has 6 nitrogen and oxygen atoms in total. The predicted octanol–water partition coefficient (Wildman–Crippen LogP) is 3.98. The van der Waals surface area contributed by atoms with Gasteiger partial charge in [0.25, 0.3) is 0 Å². The number of anilines is 1. The van der Waals surface area contributed by atoms with Crippen LogP contribution in [0.15, 0.2) is 16.6 Å². The van der Waals surface area contributed by atoms with Crippen LogP contribution < -0.4 is 5.32 Å². The number of rotatable bonds is 1. The van der Waals surface area contributed by atoms with E-state index in [0.717, 1.165) is 5.56 Å². The van der Waals surface area contributed by atoms with Gasteiger partial charge in [0.05, 0.1) is 4.47 Å². The fourth-order valence-corrected chi connectivity index (χ4v) is 2.85. The minimum atomic E-state index is -0.547. The monoisotopic (exact) mass is 415 g/mol. The lowest BCUT2D eigenvalue weighted by atomic mass is 10.2. The molecule has 1 aliphatic heterocycles. The molecular formula is C17H23BrFN3O3. The molecule has 1 aliphatic rings. The van der Waals surface area contributed by atoms with E-state index in [-0.39, 0.29) is 12.1 Å². The molecule has 0 spiro atoms. The van der Waals surface area contributed by atoms with Crippen LogP contribution in [0, 0.1) is 12.7 Å². The Bertz CT molecular complexity index is 668. The summed E-state index contributed by atoms with van der Waals surface area (Å²) >= 11 is 3.12.